The molecular weight excluding hydrogens is 589 g/mol. The molecule has 4 atom stereocenters. The van der Waals surface area contributed by atoms with E-state index in [1.54, 1.807) is 6.07 Å². The Balaban J connectivity index is 0.00000242. The zero-order valence-corrected chi connectivity index (χ0v) is 24.7. The first-order valence-corrected chi connectivity index (χ1v) is 14.1. The van der Waals surface area contributed by atoms with Gasteiger partial charge in [0, 0.05) is 41.9 Å². The molecule has 0 amide bonds. The van der Waals surface area contributed by atoms with Crippen LogP contribution < -0.4 is 28.7 Å². The smallest absolute Gasteiger partial charge is 0.166 e. The van der Waals surface area contributed by atoms with Gasteiger partial charge in [0.25, 0.3) is 0 Å². The van der Waals surface area contributed by atoms with Gasteiger partial charge in [-0.15, -0.1) is 0 Å². The van der Waals surface area contributed by atoms with E-state index in [-0.39, 0.29) is 41.9 Å². The third kappa shape index (κ3) is 3.28. The molecule has 1 saturated heterocycles. The van der Waals surface area contributed by atoms with Crippen LogP contribution in [-0.4, -0.2) is 77.0 Å². The molecule has 1 aromatic heterocycles. The number of nitrogens with zero attached hydrogens (tertiary/aromatic N) is 2. The maximum Gasteiger partial charge on any atom is 0.166 e. The number of rotatable bonds is 5. The average Bonchev–Trinajstić information content (AvgIpc) is 3.49. The van der Waals surface area contributed by atoms with Crippen LogP contribution in [-0.2, 0) is 24.7 Å². The highest BCUT2D eigenvalue weighted by molar-refractivity contribution is 5.87. The van der Waals surface area contributed by atoms with Crippen LogP contribution in [0.3, 0.4) is 0 Å². The van der Waals surface area contributed by atoms with Gasteiger partial charge in [0.15, 0.2) is 17.6 Å². The van der Waals surface area contributed by atoms with Crippen molar-refractivity contribution in [2.45, 2.75) is 61.7 Å². The second kappa shape index (κ2) is 8.12. The Morgan fingerprint density at radius 2 is 1.97 bits per heavy atom. The number of aromatic hydroxyl groups is 1. The lowest BCUT2D eigenvalue weighted by Gasteiger charge is -2.62. The molecular formula is C31H38IN3O3. The van der Waals surface area contributed by atoms with Crippen molar-refractivity contribution in [3.8, 4) is 11.5 Å². The number of hydrogen-bond acceptors (Lipinski definition) is 4. The van der Waals surface area contributed by atoms with E-state index < -0.39 is 11.0 Å². The van der Waals surface area contributed by atoms with Crippen molar-refractivity contribution in [2.24, 2.45) is 5.92 Å². The summed E-state index contributed by atoms with van der Waals surface area (Å²) in [6.07, 6.45) is 5.64. The van der Waals surface area contributed by atoms with Gasteiger partial charge in [-0.3, -0.25) is 4.90 Å². The SMILES string of the molecule is C[N+](C)(C)CCc1ccc2[nH]c3c(c2c1)C[C@@]1(O)C2Cc4ccc(O)c5c4[C@@]1(CCN2CC1CC1)[C@H]3O5.[I-]. The van der Waals surface area contributed by atoms with Crippen molar-refractivity contribution in [3.05, 3.63) is 58.3 Å². The van der Waals surface area contributed by atoms with Gasteiger partial charge in [-0.1, -0.05) is 12.1 Å². The van der Waals surface area contributed by atoms with Gasteiger partial charge in [-0.25, -0.2) is 0 Å². The molecule has 1 saturated carbocycles. The van der Waals surface area contributed by atoms with E-state index >= 15 is 0 Å². The summed E-state index contributed by atoms with van der Waals surface area (Å²) in [7, 11) is 6.71. The van der Waals surface area contributed by atoms with Crippen LogP contribution in [0.1, 0.15) is 53.3 Å². The van der Waals surface area contributed by atoms with Gasteiger partial charge < -0.3 is 48.4 Å². The normalized spacial score (nSPS) is 30.9. The number of aromatic nitrogens is 1. The Morgan fingerprint density at radius 3 is 2.74 bits per heavy atom. The van der Waals surface area contributed by atoms with E-state index in [9.17, 15) is 10.2 Å². The van der Waals surface area contributed by atoms with Gasteiger partial charge in [-0.05, 0) is 73.0 Å². The molecule has 2 aromatic carbocycles. The Hall–Kier alpha value is -1.81. The Bertz CT molecular complexity index is 1460. The highest BCUT2D eigenvalue weighted by Crippen LogP contribution is 2.69. The van der Waals surface area contributed by atoms with E-state index in [1.165, 1.54) is 34.9 Å². The van der Waals surface area contributed by atoms with E-state index in [2.05, 4.69) is 55.3 Å². The van der Waals surface area contributed by atoms with Crippen molar-refractivity contribution in [1.29, 1.82) is 0 Å². The zero-order valence-electron chi connectivity index (χ0n) is 22.6. The number of piperidine rings is 1. The number of nitrogens with one attached hydrogen (secondary N) is 1. The van der Waals surface area contributed by atoms with Crippen molar-refractivity contribution < 1.29 is 43.4 Å². The number of phenols is 1. The molecule has 3 N–H and O–H groups in total. The molecule has 3 heterocycles. The summed E-state index contributed by atoms with van der Waals surface area (Å²) in [4.78, 5) is 6.34. The fourth-order valence-corrected chi connectivity index (χ4v) is 8.29. The molecule has 2 bridgehead atoms. The van der Waals surface area contributed by atoms with Gasteiger partial charge >= 0.3 is 0 Å². The molecule has 38 heavy (non-hydrogen) atoms. The maximum absolute atomic E-state index is 13.0. The second-order valence-corrected chi connectivity index (χ2v) is 13.6. The third-order valence-corrected chi connectivity index (χ3v) is 10.3. The lowest BCUT2D eigenvalue weighted by molar-refractivity contribution is -0.870. The number of ether oxygens (including phenoxy) is 1. The quantitative estimate of drug-likeness (QED) is 0.290. The number of quaternary nitrogens is 1. The highest BCUT2D eigenvalue weighted by atomic mass is 127. The molecule has 3 aliphatic carbocycles. The highest BCUT2D eigenvalue weighted by Gasteiger charge is 2.72. The van der Waals surface area contributed by atoms with Gasteiger partial charge in [0.2, 0.25) is 0 Å². The molecule has 8 rings (SSSR count). The van der Waals surface area contributed by atoms with Crippen LogP contribution in [0.4, 0.5) is 0 Å². The molecule has 2 aliphatic heterocycles. The van der Waals surface area contributed by atoms with Crippen LogP contribution >= 0.6 is 0 Å². The third-order valence-electron chi connectivity index (χ3n) is 10.3. The first-order chi connectivity index (χ1) is 17.7. The number of fused-ring (bicyclic) bond motifs is 4. The minimum atomic E-state index is -0.933. The molecule has 2 fully saturated rings. The Morgan fingerprint density at radius 1 is 1.16 bits per heavy atom. The number of benzene rings is 2. The number of H-pyrrole nitrogens is 1. The largest absolute Gasteiger partial charge is 1.00 e. The predicted octanol–water partition coefficient (Wildman–Crippen LogP) is 0.825. The van der Waals surface area contributed by atoms with Gasteiger partial charge in [-0.2, -0.15) is 0 Å². The number of hydrogen-bond donors (Lipinski definition) is 3. The lowest BCUT2D eigenvalue weighted by Crippen LogP contribution is -3.00. The topological polar surface area (TPSA) is 68.7 Å². The monoisotopic (exact) mass is 627 g/mol. The van der Waals surface area contributed by atoms with E-state index in [4.69, 9.17) is 4.74 Å². The molecule has 7 heteroatoms. The maximum atomic E-state index is 13.0. The molecule has 0 radical (unpaired) electrons. The Labute approximate surface area is 241 Å². The van der Waals surface area contributed by atoms with E-state index in [0.717, 1.165) is 66.1 Å². The lowest BCUT2D eigenvalue weighted by atomic mass is 9.49. The second-order valence-electron chi connectivity index (χ2n) is 13.6. The van der Waals surface area contributed by atoms with Crippen LogP contribution in [0.5, 0.6) is 11.5 Å². The predicted molar refractivity (Wildman–Crippen MR) is 143 cm³/mol. The summed E-state index contributed by atoms with van der Waals surface area (Å²) >= 11 is 0. The summed E-state index contributed by atoms with van der Waals surface area (Å²) in [5, 5.41) is 25.1. The number of aromatic amines is 1. The Kier molecular flexibility index (Phi) is 5.38. The summed E-state index contributed by atoms with van der Waals surface area (Å²) < 4.78 is 7.65. The van der Waals surface area contributed by atoms with E-state index in [1.807, 2.05) is 0 Å². The van der Waals surface area contributed by atoms with Gasteiger partial charge in [0.1, 0.15) is 0 Å². The fourth-order valence-electron chi connectivity index (χ4n) is 8.29. The molecule has 3 aromatic rings. The van der Waals surface area contributed by atoms with Crippen LogP contribution in [0.25, 0.3) is 10.9 Å². The first-order valence-electron chi connectivity index (χ1n) is 14.1. The van der Waals surface area contributed by atoms with Crippen molar-refractivity contribution in [1.82, 2.24) is 9.88 Å². The number of likely N-dealkylation sites (tertiary alicyclic amines) is 1. The summed E-state index contributed by atoms with van der Waals surface area (Å²) in [6.45, 7) is 3.14. The fraction of sp³-hybridized carbons (Fsp3) is 0.548. The van der Waals surface area contributed by atoms with Crippen molar-refractivity contribution in [3.63, 3.8) is 0 Å². The molecule has 1 spiro atoms. The number of halogens is 1. The summed E-state index contributed by atoms with van der Waals surface area (Å²) in [5.41, 5.74) is 5.62. The molecule has 1 unspecified atom stereocenters. The molecule has 202 valence electrons. The summed E-state index contributed by atoms with van der Waals surface area (Å²) in [6, 6.07) is 10.7. The van der Waals surface area contributed by atoms with Crippen LogP contribution in [0.15, 0.2) is 30.3 Å². The van der Waals surface area contributed by atoms with Gasteiger partial charge in [0.05, 0.1) is 44.4 Å². The van der Waals surface area contributed by atoms with Crippen LogP contribution in [0, 0.1) is 5.92 Å². The minimum Gasteiger partial charge on any atom is -1.00 e. The number of likely N-dealkylation sites (N-methyl/N-ethyl adjacent to an activating group) is 1. The minimum absolute atomic E-state index is 0. The standard InChI is InChI=1S/C31H37N3O3.HI/c1-34(2,3)13-10-18-6-8-23-21(14-18)22-16-31(36)25-15-20-7-9-24(35)28-26(20)30(31,29(37-28)27(22)32-23)11-12-33(25)17-19-4-5-19;/h6-9,14,19,25,29,32,36H,4-5,10-13,15-17H2,1-3H3;1H/t25?,29-,30-,31+;/m0./s1. The zero-order chi connectivity index (χ0) is 25.3. The molecule has 5 aliphatic rings. The summed E-state index contributed by atoms with van der Waals surface area (Å²) in [5.74, 6) is 1.58. The molecule has 6 nitrogen and oxygen atoms in total. The van der Waals surface area contributed by atoms with E-state index in [0.29, 0.717) is 12.2 Å². The number of phenolic OH excluding ortho intramolecular Hbond substituents is 1. The van der Waals surface area contributed by atoms with Crippen molar-refractivity contribution in [2.75, 3.05) is 40.8 Å². The first kappa shape index (κ1) is 25.2. The number of aliphatic hydroxyl groups is 1. The van der Waals surface area contributed by atoms with Crippen LogP contribution in [0.2, 0.25) is 0 Å². The van der Waals surface area contributed by atoms with Crippen molar-refractivity contribution >= 4 is 10.9 Å². The average molecular weight is 628 g/mol.